The molecule has 0 saturated heterocycles. The number of ether oxygens (including phenoxy) is 1. The number of aryl methyl sites for hydroxylation is 1. The zero-order chi connectivity index (χ0) is 13.1. The molecule has 0 radical (unpaired) electrons. The van der Waals surface area contributed by atoms with Crippen LogP contribution in [0, 0.1) is 12.7 Å². The molecule has 0 spiro atoms. The highest BCUT2D eigenvalue weighted by Crippen LogP contribution is 2.29. The lowest BCUT2D eigenvalue weighted by molar-refractivity contribution is 0.459. The van der Waals surface area contributed by atoms with Gasteiger partial charge in [-0.1, -0.05) is 17.7 Å². The van der Waals surface area contributed by atoms with Gasteiger partial charge in [0.05, 0.1) is 5.02 Å². The summed E-state index contributed by atoms with van der Waals surface area (Å²) < 4.78 is 18.4. The van der Waals surface area contributed by atoms with Crippen LogP contribution in [0.3, 0.4) is 0 Å². The van der Waals surface area contributed by atoms with E-state index in [4.69, 9.17) is 22.1 Å². The maximum atomic E-state index is 12.9. The summed E-state index contributed by atoms with van der Waals surface area (Å²) in [5.41, 5.74) is 7.30. The van der Waals surface area contributed by atoms with Gasteiger partial charge in [0.25, 0.3) is 0 Å². The largest absolute Gasteiger partial charge is 0.437 e. The molecule has 0 aliphatic rings. The smallest absolute Gasteiger partial charge is 0.219 e. The Kier molecular flexibility index (Phi) is 3.79. The number of aromatic nitrogens is 1. The van der Waals surface area contributed by atoms with Crippen LogP contribution in [-0.2, 0) is 6.54 Å². The minimum absolute atomic E-state index is 0.206. The Hall–Kier alpha value is -1.65. The van der Waals surface area contributed by atoms with Gasteiger partial charge in [0.2, 0.25) is 5.88 Å². The lowest BCUT2D eigenvalue weighted by Crippen LogP contribution is -2.01. The quantitative estimate of drug-likeness (QED) is 0.926. The fraction of sp³-hybridized carbons (Fsp3) is 0.154. The normalized spacial score (nSPS) is 10.4. The Morgan fingerprint density at radius 3 is 2.72 bits per heavy atom. The third kappa shape index (κ3) is 2.78. The van der Waals surface area contributed by atoms with E-state index in [1.807, 2.05) is 13.0 Å². The Morgan fingerprint density at radius 1 is 1.33 bits per heavy atom. The highest BCUT2D eigenvalue weighted by molar-refractivity contribution is 6.32. The third-order valence-electron chi connectivity index (χ3n) is 2.50. The molecule has 0 saturated carbocycles. The first-order chi connectivity index (χ1) is 8.60. The fourth-order valence-electron chi connectivity index (χ4n) is 1.51. The van der Waals surface area contributed by atoms with Gasteiger partial charge in [-0.3, -0.25) is 0 Å². The van der Waals surface area contributed by atoms with Crippen LogP contribution in [0.4, 0.5) is 4.39 Å². The number of nitrogens with zero attached hydrogens (tertiary/aromatic N) is 1. The van der Waals surface area contributed by atoms with Crippen molar-refractivity contribution in [1.82, 2.24) is 4.98 Å². The molecule has 94 valence electrons. The highest BCUT2D eigenvalue weighted by Gasteiger charge is 2.06. The summed E-state index contributed by atoms with van der Waals surface area (Å²) in [5, 5.41) is 0.206. The van der Waals surface area contributed by atoms with Crippen molar-refractivity contribution in [2.24, 2.45) is 5.73 Å². The van der Waals surface area contributed by atoms with Crippen molar-refractivity contribution in [3.8, 4) is 11.6 Å². The first kappa shape index (κ1) is 12.8. The molecule has 0 atom stereocenters. The van der Waals surface area contributed by atoms with E-state index in [1.165, 1.54) is 18.2 Å². The molecule has 3 nitrogen and oxygen atoms in total. The summed E-state index contributed by atoms with van der Waals surface area (Å²) >= 11 is 5.86. The zero-order valence-electron chi connectivity index (χ0n) is 9.78. The van der Waals surface area contributed by atoms with Crippen LogP contribution in [0.25, 0.3) is 0 Å². The number of pyridine rings is 1. The standard InChI is InChI=1S/C13H12ClFN2O/c1-8-9(7-16)2-5-13(17-8)18-12-4-3-10(15)6-11(12)14/h2-6H,7,16H2,1H3. The molecule has 0 fully saturated rings. The second kappa shape index (κ2) is 5.33. The average molecular weight is 267 g/mol. The predicted octanol–water partition coefficient (Wildman–Crippen LogP) is 3.43. The van der Waals surface area contributed by atoms with Gasteiger partial charge in [-0.15, -0.1) is 0 Å². The van der Waals surface area contributed by atoms with Gasteiger partial charge in [-0.05, 0) is 30.7 Å². The molecular weight excluding hydrogens is 255 g/mol. The van der Waals surface area contributed by atoms with Crippen molar-refractivity contribution < 1.29 is 9.13 Å². The lowest BCUT2D eigenvalue weighted by atomic mass is 10.2. The Morgan fingerprint density at radius 2 is 2.11 bits per heavy atom. The van der Waals surface area contributed by atoms with Crippen LogP contribution >= 0.6 is 11.6 Å². The first-order valence-electron chi connectivity index (χ1n) is 5.39. The molecule has 0 aliphatic carbocycles. The molecule has 0 amide bonds. The topological polar surface area (TPSA) is 48.1 Å². The summed E-state index contributed by atoms with van der Waals surface area (Å²) in [4.78, 5) is 4.25. The van der Waals surface area contributed by atoms with Crippen LogP contribution < -0.4 is 10.5 Å². The van der Waals surface area contributed by atoms with Crippen LogP contribution in [0.5, 0.6) is 11.6 Å². The Labute approximate surface area is 109 Å². The van der Waals surface area contributed by atoms with Crippen LogP contribution in [0.1, 0.15) is 11.3 Å². The van der Waals surface area contributed by atoms with E-state index in [0.29, 0.717) is 18.2 Å². The minimum Gasteiger partial charge on any atom is -0.437 e. The second-order valence-corrected chi connectivity index (χ2v) is 4.18. The molecule has 2 N–H and O–H groups in total. The summed E-state index contributed by atoms with van der Waals surface area (Å²) in [7, 11) is 0. The van der Waals surface area contributed by atoms with E-state index in [1.54, 1.807) is 6.07 Å². The summed E-state index contributed by atoms with van der Waals surface area (Å²) in [6.45, 7) is 2.28. The molecule has 18 heavy (non-hydrogen) atoms. The van der Waals surface area contributed by atoms with Gasteiger partial charge in [0, 0.05) is 18.3 Å². The van der Waals surface area contributed by atoms with Crippen molar-refractivity contribution in [3.05, 3.63) is 52.4 Å². The highest BCUT2D eigenvalue weighted by atomic mass is 35.5. The van der Waals surface area contributed by atoms with Crippen LogP contribution in [-0.4, -0.2) is 4.98 Å². The molecule has 1 aromatic carbocycles. The van der Waals surface area contributed by atoms with E-state index in [9.17, 15) is 4.39 Å². The van der Waals surface area contributed by atoms with E-state index < -0.39 is 5.82 Å². The van der Waals surface area contributed by atoms with Crippen LogP contribution in [0.2, 0.25) is 5.02 Å². The molecule has 1 aromatic heterocycles. The Bertz CT molecular complexity index is 575. The SMILES string of the molecule is Cc1nc(Oc2ccc(F)cc2Cl)ccc1CN. The van der Waals surface area contributed by atoms with Gasteiger partial charge < -0.3 is 10.5 Å². The maximum absolute atomic E-state index is 12.9. The van der Waals surface area contributed by atoms with Crippen molar-refractivity contribution in [3.63, 3.8) is 0 Å². The van der Waals surface area contributed by atoms with Crippen molar-refractivity contribution in [1.29, 1.82) is 0 Å². The molecule has 0 bridgehead atoms. The molecule has 5 heteroatoms. The second-order valence-electron chi connectivity index (χ2n) is 3.77. The predicted molar refractivity (Wildman–Crippen MR) is 68.3 cm³/mol. The van der Waals surface area contributed by atoms with Crippen molar-refractivity contribution >= 4 is 11.6 Å². The van der Waals surface area contributed by atoms with Crippen LogP contribution in [0.15, 0.2) is 30.3 Å². The molecule has 1 heterocycles. The molecular formula is C13H12ClFN2O. The fourth-order valence-corrected chi connectivity index (χ4v) is 1.72. The van der Waals surface area contributed by atoms with Gasteiger partial charge in [0.1, 0.15) is 11.6 Å². The van der Waals surface area contributed by atoms with Crippen molar-refractivity contribution in [2.45, 2.75) is 13.5 Å². The van der Waals surface area contributed by atoms with Gasteiger partial charge in [-0.2, -0.15) is 0 Å². The number of hydrogen-bond acceptors (Lipinski definition) is 3. The summed E-state index contributed by atoms with van der Waals surface area (Å²) in [6.07, 6.45) is 0. The lowest BCUT2D eigenvalue weighted by Gasteiger charge is -2.09. The zero-order valence-corrected chi connectivity index (χ0v) is 10.5. The van der Waals surface area contributed by atoms with Gasteiger partial charge in [0.15, 0.2) is 0 Å². The van der Waals surface area contributed by atoms with E-state index >= 15 is 0 Å². The van der Waals surface area contributed by atoms with Gasteiger partial charge in [-0.25, -0.2) is 9.37 Å². The Balaban J connectivity index is 2.26. The number of rotatable bonds is 3. The third-order valence-corrected chi connectivity index (χ3v) is 2.79. The van der Waals surface area contributed by atoms with Gasteiger partial charge >= 0.3 is 0 Å². The molecule has 2 rings (SSSR count). The molecule has 2 aromatic rings. The van der Waals surface area contributed by atoms with E-state index in [-0.39, 0.29) is 5.02 Å². The van der Waals surface area contributed by atoms with Crippen molar-refractivity contribution in [2.75, 3.05) is 0 Å². The number of nitrogens with two attached hydrogens (primary N) is 1. The summed E-state index contributed by atoms with van der Waals surface area (Å²) in [5.74, 6) is 0.360. The number of benzene rings is 1. The molecule has 0 aliphatic heterocycles. The average Bonchev–Trinajstić information content (AvgIpc) is 2.33. The summed E-state index contributed by atoms with van der Waals surface area (Å²) in [6, 6.07) is 7.48. The number of hydrogen-bond donors (Lipinski definition) is 1. The first-order valence-corrected chi connectivity index (χ1v) is 5.77. The maximum Gasteiger partial charge on any atom is 0.219 e. The van der Waals surface area contributed by atoms with E-state index in [2.05, 4.69) is 4.98 Å². The van der Waals surface area contributed by atoms with E-state index in [0.717, 1.165) is 11.3 Å². The molecule has 0 unspecified atom stereocenters. The minimum atomic E-state index is -0.407. The number of halogens is 2. The monoisotopic (exact) mass is 266 g/mol.